The summed E-state index contributed by atoms with van der Waals surface area (Å²) in [5, 5.41) is 5.82. The molecule has 1 aliphatic heterocycles. The van der Waals surface area contributed by atoms with Crippen LogP contribution >= 0.6 is 27.7 Å². The van der Waals surface area contributed by atoms with Crippen molar-refractivity contribution < 1.29 is 9.59 Å². The van der Waals surface area contributed by atoms with Crippen LogP contribution in [0.25, 0.3) is 0 Å². The van der Waals surface area contributed by atoms with Crippen molar-refractivity contribution in [2.45, 2.75) is 36.5 Å². The van der Waals surface area contributed by atoms with Crippen molar-refractivity contribution in [3.63, 3.8) is 0 Å². The monoisotopic (exact) mass is 418 g/mol. The first kappa shape index (κ1) is 18.0. The maximum Gasteiger partial charge on any atom is 0.251 e. The Morgan fingerprint density at radius 2 is 2.00 bits per heavy atom. The lowest BCUT2D eigenvalue weighted by molar-refractivity contribution is -0.115. The highest BCUT2D eigenvalue weighted by molar-refractivity contribution is 9.10. The summed E-state index contributed by atoms with van der Waals surface area (Å²) in [6.07, 6.45) is 0.794. The normalized spacial score (nSPS) is 17.4. The zero-order valence-corrected chi connectivity index (χ0v) is 16.4. The molecule has 0 aliphatic carbocycles. The molecule has 0 saturated carbocycles. The lowest BCUT2D eigenvalue weighted by Crippen LogP contribution is -2.29. The molecular formula is C19H19BrN2O2S. The summed E-state index contributed by atoms with van der Waals surface area (Å²) in [5.74, 6) is -0.174. The fraction of sp³-hybridized carbons (Fsp3) is 0.263. The van der Waals surface area contributed by atoms with Crippen LogP contribution in [0.4, 0.5) is 5.69 Å². The lowest BCUT2D eigenvalue weighted by Gasteiger charge is -2.22. The van der Waals surface area contributed by atoms with Crippen molar-refractivity contribution in [1.82, 2.24) is 5.32 Å². The van der Waals surface area contributed by atoms with Gasteiger partial charge in [0.15, 0.2) is 0 Å². The van der Waals surface area contributed by atoms with Gasteiger partial charge in [-0.3, -0.25) is 9.59 Å². The number of thioether (sulfide) groups is 1. The van der Waals surface area contributed by atoms with E-state index in [1.54, 1.807) is 12.1 Å². The molecule has 2 aromatic rings. The van der Waals surface area contributed by atoms with E-state index in [0.717, 1.165) is 21.4 Å². The van der Waals surface area contributed by atoms with Crippen LogP contribution in [0.15, 0.2) is 51.8 Å². The van der Waals surface area contributed by atoms with E-state index in [2.05, 4.69) is 26.6 Å². The number of carbonyl (C=O) groups excluding carboxylic acids is 2. The minimum absolute atomic E-state index is 0.0312. The first-order valence-corrected chi connectivity index (χ1v) is 9.83. The molecule has 2 amide bonds. The molecule has 2 atom stereocenters. The maximum absolute atomic E-state index is 12.6. The standard InChI is InChI=1S/C19H19BrN2O2S/c1-3-15(12-4-7-14(20)8-5-12)21-19(24)13-6-9-17-16(10-13)22-18(23)11(2)25-17/h4-11,15H,3H2,1-2H3,(H,21,24)(H,22,23). The lowest BCUT2D eigenvalue weighted by atomic mass is 10.0. The number of halogens is 1. The van der Waals surface area contributed by atoms with Gasteiger partial charge in [-0.25, -0.2) is 0 Å². The van der Waals surface area contributed by atoms with E-state index in [1.807, 2.05) is 44.2 Å². The van der Waals surface area contributed by atoms with Crippen LogP contribution in [-0.2, 0) is 4.79 Å². The molecule has 0 aromatic heterocycles. The fourth-order valence-electron chi connectivity index (χ4n) is 2.71. The summed E-state index contributed by atoms with van der Waals surface area (Å²) in [6.45, 7) is 3.91. The molecule has 4 nitrogen and oxygen atoms in total. The quantitative estimate of drug-likeness (QED) is 0.751. The molecule has 130 valence electrons. The molecule has 25 heavy (non-hydrogen) atoms. The smallest absolute Gasteiger partial charge is 0.251 e. The molecule has 2 aromatic carbocycles. The Bertz CT molecular complexity index is 808. The van der Waals surface area contributed by atoms with Crippen molar-refractivity contribution in [2.75, 3.05) is 5.32 Å². The largest absolute Gasteiger partial charge is 0.345 e. The number of hydrogen-bond donors (Lipinski definition) is 2. The molecule has 0 spiro atoms. The third-order valence-electron chi connectivity index (χ3n) is 4.16. The third kappa shape index (κ3) is 4.07. The highest BCUT2D eigenvalue weighted by atomic mass is 79.9. The number of rotatable bonds is 4. The molecule has 3 rings (SSSR count). The number of benzene rings is 2. The predicted octanol–water partition coefficient (Wildman–Crippen LogP) is 4.76. The van der Waals surface area contributed by atoms with Crippen LogP contribution in [-0.4, -0.2) is 17.1 Å². The van der Waals surface area contributed by atoms with Gasteiger partial charge < -0.3 is 10.6 Å². The van der Waals surface area contributed by atoms with Crippen LogP contribution in [0, 0.1) is 0 Å². The van der Waals surface area contributed by atoms with Gasteiger partial charge in [-0.2, -0.15) is 0 Å². The molecular weight excluding hydrogens is 400 g/mol. The van der Waals surface area contributed by atoms with E-state index in [-0.39, 0.29) is 23.1 Å². The molecule has 6 heteroatoms. The van der Waals surface area contributed by atoms with E-state index in [0.29, 0.717) is 11.3 Å². The summed E-state index contributed by atoms with van der Waals surface area (Å²) < 4.78 is 1.01. The Kier molecular flexibility index (Phi) is 5.49. The van der Waals surface area contributed by atoms with Gasteiger partial charge in [0.05, 0.1) is 17.0 Å². The second kappa shape index (κ2) is 7.62. The van der Waals surface area contributed by atoms with Crippen LogP contribution < -0.4 is 10.6 Å². The number of anilines is 1. The van der Waals surface area contributed by atoms with E-state index >= 15 is 0 Å². The maximum atomic E-state index is 12.6. The Labute approximate surface area is 159 Å². The number of hydrogen-bond acceptors (Lipinski definition) is 3. The summed E-state index contributed by atoms with van der Waals surface area (Å²) in [7, 11) is 0. The summed E-state index contributed by atoms with van der Waals surface area (Å²) >= 11 is 4.93. The SMILES string of the molecule is CCC(NC(=O)c1ccc2c(c1)NC(=O)C(C)S2)c1ccc(Br)cc1. The van der Waals surface area contributed by atoms with E-state index < -0.39 is 0 Å². The highest BCUT2D eigenvalue weighted by Gasteiger charge is 2.24. The van der Waals surface area contributed by atoms with Gasteiger partial charge in [0.25, 0.3) is 5.91 Å². The van der Waals surface area contributed by atoms with Gasteiger partial charge in [0, 0.05) is 14.9 Å². The van der Waals surface area contributed by atoms with E-state index in [9.17, 15) is 9.59 Å². The van der Waals surface area contributed by atoms with Crippen LogP contribution in [0.5, 0.6) is 0 Å². The van der Waals surface area contributed by atoms with Crippen molar-refractivity contribution in [3.8, 4) is 0 Å². The fourth-order valence-corrected chi connectivity index (χ4v) is 3.90. The molecule has 2 unspecified atom stereocenters. The second-order valence-corrected chi connectivity index (χ2v) is 8.24. The van der Waals surface area contributed by atoms with Crippen LogP contribution in [0.2, 0.25) is 0 Å². The molecule has 0 bridgehead atoms. The number of amides is 2. The van der Waals surface area contributed by atoms with E-state index in [4.69, 9.17) is 0 Å². The van der Waals surface area contributed by atoms with Gasteiger partial charge in [0.2, 0.25) is 5.91 Å². The van der Waals surface area contributed by atoms with Gasteiger partial charge in [-0.1, -0.05) is 35.0 Å². The molecule has 1 heterocycles. The van der Waals surface area contributed by atoms with Crippen molar-refractivity contribution in [2.24, 2.45) is 0 Å². The topological polar surface area (TPSA) is 58.2 Å². The first-order chi connectivity index (χ1) is 12.0. The highest BCUT2D eigenvalue weighted by Crippen LogP contribution is 2.36. The molecule has 0 radical (unpaired) electrons. The molecule has 2 N–H and O–H groups in total. The zero-order valence-electron chi connectivity index (χ0n) is 14.0. The van der Waals surface area contributed by atoms with Crippen molar-refractivity contribution in [3.05, 3.63) is 58.1 Å². The summed E-state index contributed by atoms with van der Waals surface area (Å²) in [5.41, 5.74) is 2.32. The van der Waals surface area contributed by atoms with Crippen molar-refractivity contribution >= 4 is 45.2 Å². The average Bonchev–Trinajstić information content (AvgIpc) is 2.61. The average molecular weight is 419 g/mol. The van der Waals surface area contributed by atoms with Gasteiger partial charge in [-0.15, -0.1) is 11.8 Å². The van der Waals surface area contributed by atoms with Crippen LogP contribution in [0.3, 0.4) is 0 Å². The second-order valence-electron chi connectivity index (χ2n) is 5.95. The Balaban J connectivity index is 1.77. The Morgan fingerprint density at radius 1 is 1.28 bits per heavy atom. The third-order valence-corrected chi connectivity index (χ3v) is 5.86. The minimum atomic E-state index is -0.143. The zero-order chi connectivity index (χ0) is 18.0. The summed E-state index contributed by atoms with van der Waals surface area (Å²) in [4.78, 5) is 25.5. The minimum Gasteiger partial charge on any atom is -0.345 e. The van der Waals surface area contributed by atoms with E-state index in [1.165, 1.54) is 11.8 Å². The number of nitrogens with one attached hydrogen (secondary N) is 2. The summed E-state index contributed by atoms with van der Waals surface area (Å²) in [6, 6.07) is 13.3. The van der Waals surface area contributed by atoms with Crippen molar-refractivity contribution in [1.29, 1.82) is 0 Å². The van der Waals surface area contributed by atoms with Gasteiger partial charge >= 0.3 is 0 Å². The van der Waals surface area contributed by atoms with Gasteiger partial charge in [0.1, 0.15) is 0 Å². The molecule has 0 saturated heterocycles. The van der Waals surface area contributed by atoms with Crippen LogP contribution in [0.1, 0.15) is 42.2 Å². The number of carbonyl (C=O) groups is 2. The molecule has 0 fully saturated rings. The predicted molar refractivity (Wildman–Crippen MR) is 105 cm³/mol. The number of fused-ring (bicyclic) bond motifs is 1. The Morgan fingerprint density at radius 3 is 2.68 bits per heavy atom. The Hall–Kier alpha value is -1.79. The first-order valence-electron chi connectivity index (χ1n) is 8.16. The van der Waals surface area contributed by atoms with Gasteiger partial charge in [-0.05, 0) is 49.2 Å². The molecule has 1 aliphatic rings.